The molecular weight excluding hydrogens is 278 g/mol. The number of aryl methyl sites for hydroxylation is 1. The van der Waals surface area contributed by atoms with Gasteiger partial charge >= 0.3 is 5.69 Å². The van der Waals surface area contributed by atoms with Crippen molar-refractivity contribution < 1.29 is 4.79 Å². The molecule has 2 aromatic rings. The molecular formula is C11H15N7O3. The van der Waals surface area contributed by atoms with Crippen LogP contribution in [0.1, 0.15) is 36.5 Å². The van der Waals surface area contributed by atoms with E-state index < -0.39 is 11.2 Å². The molecule has 0 aliphatic heterocycles. The van der Waals surface area contributed by atoms with Gasteiger partial charge in [-0.05, 0) is 20.3 Å². The van der Waals surface area contributed by atoms with E-state index in [1.54, 1.807) is 13.8 Å². The van der Waals surface area contributed by atoms with Crippen molar-refractivity contribution in [1.82, 2.24) is 35.9 Å². The lowest BCUT2D eigenvalue weighted by atomic mass is 10.1. The fourth-order valence-electron chi connectivity index (χ4n) is 1.90. The first-order valence-electron chi connectivity index (χ1n) is 6.32. The van der Waals surface area contributed by atoms with Gasteiger partial charge in [0, 0.05) is 17.7 Å². The predicted molar refractivity (Wildman–Crippen MR) is 71.5 cm³/mol. The van der Waals surface area contributed by atoms with E-state index in [1.165, 1.54) is 0 Å². The Hall–Kier alpha value is -2.78. The fraction of sp³-hybridized carbons (Fsp3) is 0.455. The maximum Gasteiger partial charge on any atom is 0.325 e. The molecule has 0 radical (unpaired) electrons. The number of tetrazole rings is 1. The Bertz CT molecular complexity index is 731. The molecule has 0 spiro atoms. The predicted octanol–water partition coefficient (Wildman–Crippen LogP) is -1.31. The van der Waals surface area contributed by atoms with Crippen molar-refractivity contribution in [2.24, 2.45) is 0 Å². The molecule has 0 saturated carbocycles. The van der Waals surface area contributed by atoms with E-state index >= 15 is 0 Å². The molecule has 0 aliphatic carbocycles. The van der Waals surface area contributed by atoms with Crippen molar-refractivity contribution in [1.29, 1.82) is 0 Å². The van der Waals surface area contributed by atoms with Crippen LogP contribution in [0.3, 0.4) is 0 Å². The molecule has 1 unspecified atom stereocenters. The van der Waals surface area contributed by atoms with Gasteiger partial charge in [0.2, 0.25) is 5.91 Å². The van der Waals surface area contributed by atoms with Crippen LogP contribution in [-0.4, -0.2) is 36.5 Å². The number of amides is 1. The zero-order chi connectivity index (χ0) is 15.4. The van der Waals surface area contributed by atoms with Crippen LogP contribution < -0.4 is 16.6 Å². The summed E-state index contributed by atoms with van der Waals surface area (Å²) in [6, 6.07) is -0.383. The molecule has 2 rings (SSSR count). The number of carbonyl (C=O) groups is 1. The Morgan fingerprint density at radius 1 is 1.33 bits per heavy atom. The third-order valence-electron chi connectivity index (χ3n) is 2.98. The van der Waals surface area contributed by atoms with E-state index in [9.17, 15) is 14.4 Å². The van der Waals surface area contributed by atoms with Crippen molar-refractivity contribution >= 4 is 5.91 Å². The highest BCUT2D eigenvalue weighted by molar-refractivity contribution is 5.76. The van der Waals surface area contributed by atoms with Crippen LogP contribution in [0.25, 0.3) is 0 Å². The summed E-state index contributed by atoms with van der Waals surface area (Å²) in [6.07, 6.45) is 0.334. The number of nitrogens with one attached hydrogen (secondary N) is 4. The molecule has 1 amide bonds. The molecule has 4 N–H and O–H groups in total. The number of hydrogen-bond acceptors (Lipinski definition) is 6. The Morgan fingerprint density at radius 3 is 2.71 bits per heavy atom. The highest BCUT2D eigenvalue weighted by Gasteiger charge is 2.14. The average Bonchev–Trinajstić information content (AvgIpc) is 2.91. The van der Waals surface area contributed by atoms with Gasteiger partial charge in [-0.2, -0.15) is 5.21 Å². The third kappa shape index (κ3) is 3.61. The number of carbonyl (C=O) groups excluding carboxylic acids is 1. The van der Waals surface area contributed by atoms with Crippen molar-refractivity contribution in [2.75, 3.05) is 0 Å². The Morgan fingerprint density at radius 2 is 2.10 bits per heavy atom. The second-order valence-electron chi connectivity index (χ2n) is 4.57. The van der Waals surface area contributed by atoms with Gasteiger partial charge in [0.25, 0.3) is 5.56 Å². The first kappa shape index (κ1) is 14.6. The van der Waals surface area contributed by atoms with E-state index in [4.69, 9.17) is 0 Å². The van der Waals surface area contributed by atoms with Crippen LogP contribution in [-0.2, 0) is 11.2 Å². The lowest BCUT2D eigenvalue weighted by Gasteiger charge is -2.10. The van der Waals surface area contributed by atoms with Gasteiger partial charge in [-0.25, -0.2) is 4.79 Å². The molecule has 0 aromatic carbocycles. The maximum atomic E-state index is 11.8. The van der Waals surface area contributed by atoms with Gasteiger partial charge in [-0.15, -0.1) is 10.2 Å². The third-order valence-corrected chi connectivity index (χ3v) is 2.98. The van der Waals surface area contributed by atoms with Crippen LogP contribution >= 0.6 is 0 Å². The molecule has 2 aromatic heterocycles. The molecule has 0 fully saturated rings. The first-order chi connectivity index (χ1) is 9.97. The standard InChI is InChI=1S/C11H15N7O3/c1-5-7(10(20)14-11(21)13-5)3-4-8(19)12-6(2)9-15-17-18-16-9/h6H,3-4H2,1-2H3,(H,12,19)(H2,13,14,20,21)(H,15,16,17,18). The number of aromatic nitrogens is 6. The highest BCUT2D eigenvalue weighted by atomic mass is 16.2. The van der Waals surface area contributed by atoms with Crippen molar-refractivity contribution in [3.8, 4) is 0 Å². The Labute approximate surface area is 118 Å². The monoisotopic (exact) mass is 293 g/mol. The van der Waals surface area contributed by atoms with Gasteiger partial charge in [0.1, 0.15) is 0 Å². The average molecular weight is 293 g/mol. The van der Waals surface area contributed by atoms with Crippen molar-refractivity contribution in [2.45, 2.75) is 32.7 Å². The summed E-state index contributed by atoms with van der Waals surface area (Å²) in [6.45, 7) is 3.34. The van der Waals surface area contributed by atoms with E-state index in [2.05, 4.69) is 35.9 Å². The smallest absolute Gasteiger partial charge is 0.325 e. The number of aromatic amines is 3. The largest absolute Gasteiger partial charge is 0.346 e. The second kappa shape index (κ2) is 6.11. The van der Waals surface area contributed by atoms with Crippen LogP contribution in [0.15, 0.2) is 9.59 Å². The lowest BCUT2D eigenvalue weighted by molar-refractivity contribution is -0.121. The van der Waals surface area contributed by atoms with E-state index in [0.717, 1.165) is 0 Å². The molecule has 112 valence electrons. The maximum absolute atomic E-state index is 11.8. The summed E-state index contributed by atoms with van der Waals surface area (Å²) in [4.78, 5) is 39.2. The normalized spacial score (nSPS) is 12.1. The van der Waals surface area contributed by atoms with Crippen LogP contribution in [0.5, 0.6) is 0 Å². The van der Waals surface area contributed by atoms with Crippen LogP contribution in [0.4, 0.5) is 0 Å². The number of nitrogens with zero attached hydrogens (tertiary/aromatic N) is 3. The van der Waals surface area contributed by atoms with Crippen LogP contribution in [0, 0.1) is 6.92 Å². The molecule has 0 saturated heterocycles. The van der Waals surface area contributed by atoms with E-state index in [0.29, 0.717) is 17.1 Å². The minimum absolute atomic E-state index is 0.109. The molecule has 10 nitrogen and oxygen atoms in total. The summed E-state index contributed by atoms with van der Waals surface area (Å²) in [5.41, 5.74) is -0.188. The molecule has 1 atom stereocenters. The van der Waals surface area contributed by atoms with Crippen molar-refractivity contribution in [3.63, 3.8) is 0 Å². The first-order valence-corrected chi connectivity index (χ1v) is 6.32. The minimum atomic E-state index is -0.559. The summed E-state index contributed by atoms with van der Waals surface area (Å²) >= 11 is 0. The Kier molecular flexibility index (Phi) is 4.26. The van der Waals surface area contributed by atoms with Gasteiger partial charge in [-0.3, -0.25) is 14.6 Å². The fourth-order valence-corrected chi connectivity index (χ4v) is 1.90. The van der Waals surface area contributed by atoms with E-state index in [1.807, 2.05) is 0 Å². The Balaban J connectivity index is 1.96. The van der Waals surface area contributed by atoms with Crippen molar-refractivity contribution in [3.05, 3.63) is 37.9 Å². The van der Waals surface area contributed by atoms with Gasteiger partial charge in [0.05, 0.1) is 6.04 Å². The molecule has 0 bridgehead atoms. The van der Waals surface area contributed by atoms with Gasteiger partial charge < -0.3 is 10.3 Å². The summed E-state index contributed by atoms with van der Waals surface area (Å²) in [5.74, 6) is 0.124. The molecule has 0 aliphatic rings. The zero-order valence-electron chi connectivity index (χ0n) is 11.6. The zero-order valence-corrected chi connectivity index (χ0v) is 11.6. The summed E-state index contributed by atoms with van der Waals surface area (Å²) < 4.78 is 0. The number of rotatable bonds is 5. The molecule has 2 heterocycles. The molecule has 21 heavy (non-hydrogen) atoms. The molecule has 10 heteroatoms. The quantitative estimate of drug-likeness (QED) is 0.538. The highest BCUT2D eigenvalue weighted by Crippen LogP contribution is 2.05. The van der Waals surface area contributed by atoms with Crippen LogP contribution in [0.2, 0.25) is 0 Å². The topological polar surface area (TPSA) is 149 Å². The second-order valence-corrected chi connectivity index (χ2v) is 4.57. The minimum Gasteiger partial charge on any atom is -0.346 e. The number of hydrogen-bond donors (Lipinski definition) is 4. The van der Waals surface area contributed by atoms with Gasteiger partial charge in [-0.1, -0.05) is 5.21 Å². The summed E-state index contributed by atoms with van der Waals surface area (Å²) in [5, 5.41) is 15.9. The van der Waals surface area contributed by atoms with E-state index in [-0.39, 0.29) is 24.8 Å². The summed E-state index contributed by atoms with van der Waals surface area (Å²) in [7, 11) is 0. The van der Waals surface area contributed by atoms with Gasteiger partial charge in [0.15, 0.2) is 5.82 Å². The number of H-pyrrole nitrogens is 3. The SMILES string of the molecule is Cc1[nH]c(=O)[nH]c(=O)c1CCC(=O)NC(C)c1nn[nH]n1. The lowest BCUT2D eigenvalue weighted by Crippen LogP contribution is -2.30.